The average molecular weight is 1210 g/mol. The number of rotatable bonds is 10. The lowest BCUT2D eigenvalue weighted by Crippen LogP contribution is -2.73. The number of halogens is 5. The zero-order chi connectivity index (χ0) is 55.5. The molecule has 408 valence electrons. The fourth-order valence-electron chi connectivity index (χ4n) is 14.5. The molecule has 3 aromatic carbocycles. The molecule has 0 saturated heterocycles. The van der Waals surface area contributed by atoms with E-state index in [0.29, 0.717) is 79.6 Å². The third kappa shape index (κ3) is 7.86. The molecular weight excluding hydrogens is 1160 g/mol. The van der Waals surface area contributed by atoms with E-state index < -0.39 is 22.8 Å². The summed E-state index contributed by atoms with van der Waals surface area (Å²) in [5.74, 6) is 1.89. The second kappa shape index (κ2) is 18.8. The van der Waals surface area contributed by atoms with Gasteiger partial charge in [-0.25, -0.2) is 0 Å². The van der Waals surface area contributed by atoms with Crippen molar-refractivity contribution >= 4 is 180 Å². The highest BCUT2D eigenvalue weighted by Gasteiger charge is 3.00. The van der Waals surface area contributed by atoms with Crippen molar-refractivity contribution in [2.24, 2.45) is 27.1 Å². The number of carbonyl (C=O) groups is 7. The summed E-state index contributed by atoms with van der Waals surface area (Å²) in [4.78, 5) is 92.9. The number of hydrogen-bond donors (Lipinski definition) is 1. The van der Waals surface area contributed by atoms with Gasteiger partial charge in [0.15, 0.2) is 0 Å². The largest absolute Gasteiger partial charge is 0.426 e. The zero-order valence-corrected chi connectivity index (χ0v) is 49.5. The van der Waals surface area contributed by atoms with Gasteiger partial charge in [-0.15, -0.1) is 68.8 Å². The van der Waals surface area contributed by atoms with Crippen molar-refractivity contribution in [1.82, 2.24) is 0 Å². The van der Waals surface area contributed by atoms with Crippen molar-refractivity contribution in [2.45, 2.75) is 97.8 Å². The summed E-state index contributed by atoms with van der Waals surface area (Å²) < 4.78 is 19.7. The minimum atomic E-state index is -0.623. The second-order valence-corrected chi connectivity index (χ2v) is 28.1. The van der Waals surface area contributed by atoms with Crippen LogP contribution in [0.25, 0.3) is 30.3 Å². The lowest BCUT2D eigenvalue weighted by atomic mass is 9.34. The molecule has 9 aliphatic rings. The van der Waals surface area contributed by atoms with Crippen LogP contribution in [0.4, 0.5) is 17.1 Å². The van der Waals surface area contributed by atoms with Crippen LogP contribution >= 0.6 is 92.0 Å². The Balaban J connectivity index is 0.000000158. The second-order valence-electron chi connectivity index (χ2n) is 22.7. The number of benzene rings is 3. The highest BCUT2D eigenvalue weighted by molar-refractivity contribution is 7.20. The van der Waals surface area contributed by atoms with Crippen LogP contribution in [0, 0.1) is 47.8 Å². The summed E-state index contributed by atoms with van der Waals surface area (Å²) >= 11 is 34.9. The van der Waals surface area contributed by atoms with E-state index in [1.807, 2.05) is 54.0 Å². The maximum Gasteiger partial charge on any atom is 0.308 e. The van der Waals surface area contributed by atoms with Crippen molar-refractivity contribution in [2.75, 3.05) is 52.4 Å². The fourth-order valence-corrected chi connectivity index (χ4v) is 19.3. The highest BCUT2D eigenvalue weighted by atomic mass is 35.5. The van der Waals surface area contributed by atoms with E-state index in [1.54, 1.807) is 34.0 Å². The van der Waals surface area contributed by atoms with Crippen molar-refractivity contribution in [3.8, 4) is 17.2 Å². The van der Waals surface area contributed by atoms with Crippen LogP contribution in [0.2, 0.25) is 0 Å². The van der Waals surface area contributed by atoms with E-state index in [2.05, 4.69) is 18.3 Å². The van der Waals surface area contributed by atoms with Gasteiger partial charge in [-0.05, 0) is 106 Å². The molecule has 2 bridgehead atoms. The predicted molar refractivity (Wildman–Crippen MR) is 309 cm³/mol. The van der Waals surface area contributed by atoms with E-state index >= 15 is 0 Å². The molecule has 0 radical (unpaired) electrons. The molecule has 78 heavy (non-hydrogen) atoms. The standard InChI is InChI=1S/C35H32Cl2N2O6S2.C14H14ClNO2S.C8H6Cl2O2/c1-16-5-22-26(44-18(3)40)7-24-28(30(22)46-16)20(9-36)11-38(24)32(42)34-13-35(14-34,15-34)33(43)39-12-21(10-37)29-25(39)8-27(45-19(4)41)23-6-17(2)47-31(23)29;1-7-3-10-12(18-8(2)17)4-11-13(14(10)19-7)9(5-15)6-16-11;9-4(11)6-1-7(5(10)12)3-8(6,7)2-6/h5-8,20-21H,9-15H2,1-4H3;3-4,9,16H,5-6H2,1-2H3;1-3H2/t20-,21-,34?,35?;9-;/m00./s1. The van der Waals surface area contributed by atoms with Crippen LogP contribution in [0.5, 0.6) is 17.2 Å². The Bertz CT molecular complexity index is 3520. The Morgan fingerprint density at radius 3 is 1.24 bits per heavy atom. The molecule has 6 aromatic rings. The summed E-state index contributed by atoms with van der Waals surface area (Å²) in [6.07, 6.45) is 3.61. The number of aryl methyl sites for hydroxylation is 3. The fraction of sp³-hybridized carbons (Fsp3) is 0.456. The molecule has 6 aliphatic carbocycles. The summed E-state index contributed by atoms with van der Waals surface area (Å²) in [6, 6.07) is 11.6. The first-order valence-electron chi connectivity index (χ1n) is 25.7. The summed E-state index contributed by atoms with van der Waals surface area (Å²) in [5, 5.41) is 5.53. The normalized spacial score (nSPS) is 28.4. The summed E-state index contributed by atoms with van der Waals surface area (Å²) in [7, 11) is 0. The first-order valence-corrected chi connectivity index (χ1v) is 30.5. The lowest BCUT2D eigenvalue weighted by Gasteiger charge is -2.69. The quantitative estimate of drug-likeness (QED) is 0.0600. The van der Waals surface area contributed by atoms with Gasteiger partial charge in [0.2, 0.25) is 22.3 Å². The number of anilines is 3. The summed E-state index contributed by atoms with van der Waals surface area (Å²) in [6.45, 7) is 12.0. The van der Waals surface area contributed by atoms with Gasteiger partial charge in [-0.2, -0.15) is 0 Å². The van der Waals surface area contributed by atoms with Gasteiger partial charge in [0.25, 0.3) is 0 Å². The Hall–Kier alpha value is -4.52. The Kier molecular flexibility index (Phi) is 13.0. The van der Waals surface area contributed by atoms with Crippen LogP contribution in [0.1, 0.15) is 108 Å². The molecule has 1 N–H and O–H groups in total. The van der Waals surface area contributed by atoms with Gasteiger partial charge < -0.3 is 29.3 Å². The molecule has 6 saturated carbocycles. The third-order valence-corrected chi connectivity index (χ3v) is 22.9. The van der Waals surface area contributed by atoms with Gasteiger partial charge in [0, 0.05) is 161 Å². The number of esters is 3. The number of nitrogens with zero attached hydrogens (tertiary/aromatic N) is 2. The number of thiophene rings is 3. The van der Waals surface area contributed by atoms with Crippen molar-refractivity contribution in [1.29, 1.82) is 0 Å². The Morgan fingerprint density at radius 1 is 0.538 bits per heavy atom. The number of carbonyl (C=O) groups excluding carboxylic acids is 7. The molecule has 13 nitrogen and oxygen atoms in total. The number of hydrogen-bond acceptors (Lipinski definition) is 14. The minimum Gasteiger partial charge on any atom is -0.426 e. The van der Waals surface area contributed by atoms with E-state index in [1.165, 1.54) is 35.9 Å². The van der Waals surface area contributed by atoms with Crippen molar-refractivity contribution in [3.05, 3.63) is 67.7 Å². The van der Waals surface area contributed by atoms with Gasteiger partial charge in [0.1, 0.15) is 17.2 Å². The number of nitrogens with one attached hydrogen (secondary N) is 1. The van der Waals surface area contributed by atoms with Crippen LogP contribution in [-0.2, 0) is 33.6 Å². The van der Waals surface area contributed by atoms with Crippen LogP contribution in [0.3, 0.4) is 0 Å². The molecular formula is C57H52Cl5N3O10S3. The molecule has 6 heterocycles. The van der Waals surface area contributed by atoms with Crippen LogP contribution in [-0.4, -0.2) is 77.5 Å². The first-order chi connectivity index (χ1) is 37.0. The van der Waals surface area contributed by atoms with Gasteiger partial charge in [-0.3, -0.25) is 33.6 Å². The molecule has 1 spiro atoms. The number of ether oxygens (including phenoxy) is 3. The van der Waals surface area contributed by atoms with Gasteiger partial charge in [-0.1, -0.05) is 0 Å². The SMILES string of the molecule is CC(=O)Oc1cc2c(c3sc(C)cc13)[C@@H](CCl)CN2.CC(=O)Oc1cc2c(c3sc(C)cc13)[C@@H](CCl)CN2C(=O)C12CC(C(=O)N3C[C@H](CCl)c4c3cc(OC(C)=O)c3cc(C)sc43)(C1)C2.O=C(Cl)C12CC3(C(=O)Cl)CC13C2. The van der Waals surface area contributed by atoms with Crippen LogP contribution < -0.4 is 29.3 Å². The molecule has 21 heteroatoms. The molecule has 3 aliphatic heterocycles. The third-order valence-electron chi connectivity index (χ3n) is 17.8. The minimum absolute atomic E-state index is 0.00387. The van der Waals surface area contributed by atoms with E-state index in [-0.39, 0.29) is 56.3 Å². The Morgan fingerprint density at radius 2 is 0.910 bits per heavy atom. The molecule has 15 rings (SSSR count). The zero-order valence-electron chi connectivity index (χ0n) is 43.3. The predicted octanol–water partition coefficient (Wildman–Crippen LogP) is 13.4. The topological polar surface area (TPSA) is 166 Å². The number of amides is 2. The molecule has 6 fully saturated rings. The van der Waals surface area contributed by atoms with E-state index in [4.69, 9.17) is 72.2 Å². The highest BCUT2D eigenvalue weighted by Crippen LogP contribution is 3.01. The molecule has 2 amide bonds. The van der Waals surface area contributed by atoms with Crippen LogP contribution in [0.15, 0.2) is 36.4 Å². The van der Waals surface area contributed by atoms with Gasteiger partial charge >= 0.3 is 17.9 Å². The first kappa shape index (κ1) is 54.1. The maximum absolute atomic E-state index is 14.4. The van der Waals surface area contributed by atoms with Crippen molar-refractivity contribution < 1.29 is 47.8 Å². The van der Waals surface area contributed by atoms with E-state index in [9.17, 15) is 33.6 Å². The smallest absolute Gasteiger partial charge is 0.308 e. The average Bonchev–Trinajstić information content (AvgIpc) is 1.49. The molecule has 5 atom stereocenters. The molecule has 2 unspecified atom stereocenters. The molecule has 3 aromatic heterocycles. The Labute approximate surface area is 486 Å². The maximum atomic E-state index is 14.4. The lowest BCUT2D eigenvalue weighted by molar-refractivity contribution is -0.205. The number of fused-ring (bicyclic) bond motifs is 9. The monoisotopic (exact) mass is 1210 g/mol. The van der Waals surface area contributed by atoms with Crippen molar-refractivity contribution in [3.63, 3.8) is 0 Å². The summed E-state index contributed by atoms with van der Waals surface area (Å²) in [5.41, 5.74) is 3.84. The van der Waals surface area contributed by atoms with E-state index in [0.717, 1.165) is 82.9 Å². The van der Waals surface area contributed by atoms with Gasteiger partial charge in [0.05, 0.1) is 33.0 Å². The number of alkyl halides is 3.